The van der Waals surface area contributed by atoms with Gasteiger partial charge >= 0.3 is 0 Å². The van der Waals surface area contributed by atoms with E-state index in [0.717, 1.165) is 11.1 Å². The molecule has 0 saturated carbocycles. The Labute approximate surface area is 140 Å². The molecule has 0 aliphatic carbocycles. The van der Waals surface area contributed by atoms with Gasteiger partial charge < -0.3 is 0 Å². The van der Waals surface area contributed by atoms with Gasteiger partial charge in [-0.05, 0) is 38.1 Å². The molecule has 0 spiro atoms. The molecule has 0 bridgehead atoms. The van der Waals surface area contributed by atoms with Gasteiger partial charge in [0, 0.05) is 16.6 Å². The topological polar surface area (TPSA) is 76.1 Å². The SMILES string of the molecule is CC(=O)c1cccc(S(=O)(=O)Nc2cccc3ccc(C)nc23)c1. The first kappa shape index (κ1) is 16.1. The largest absolute Gasteiger partial charge is 0.295 e. The van der Waals surface area contributed by atoms with Crippen molar-refractivity contribution in [2.75, 3.05) is 4.72 Å². The fourth-order valence-corrected chi connectivity index (χ4v) is 3.52. The third-order valence-electron chi connectivity index (χ3n) is 3.65. The highest BCUT2D eigenvalue weighted by Crippen LogP contribution is 2.25. The molecule has 1 N–H and O–H groups in total. The van der Waals surface area contributed by atoms with Crippen LogP contribution in [0.3, 0.4) is 0 Å². The third kappa shape index (κ3) is 3.14. The molecule has 3 aromatic rings. The molecule has 0 aliphatic rings. The smallest absolute Gasteiger partial charge is 0.261 e. The number of aryl methyl sites for hydroxylation is 1. The number of hydrogen-bond acceptors (Lipinski definition) is 4. The van der Waals surface area contributed by atoms with Gasteiger partial charge in [-0.15, -0.1) is 0 Å². The number of hydrogen-bond donors (Lipinski definition) is 1. The number of Topliss-reactive ketones (excluding diaryl/α,β-unsaturated/α-hetero) is 1. The molecule has 2 aromatic carbocycles. The number of fused-ring (bicyclic) bond motifs is 1. The molecule has 0 unspecified atom stereocenters. The average Bonchev–Trinajstić information content (AvgIpc) is 2.55. The van der Waals surface area contributed by atoms with Crippen LogP contribution in [0.15, 0.2) is 59.5 Å². The molecule has 6 heteroatoms. The number of rotatable bonds is 4. The Balaban J connectivity index is 2.06. The minimum Gasteiger partial charge on any atom is -0.295 e. The van der Waals surface area contributed by atoms with Crippen LogP contribution in [0.5, 0.6) is 0 Å². The van der Waals surface area contributed by atoms with Crippen LogP contribution in [-0.2, 0) is 10.0 Å². The van der Waals surface area contributed by atoms with Crippen molar-refractivity contribution in [2.24, 2.45) is 0 Å². The number of benzene rings is 2. The van der Waals surface area contributed by atoms with E-state index in [-0.39, 0.29) is 10.7 Å². The normalized spacial score (nSPS) is 11.4. The van der Waals surface area contributed by atoms with Crippen molar-refractivity contribution >= 4 is 32.4 Å². The first-order valence-electron chi connectivity index (χ1n) is 7.37. The van der Waals surface area contributed by atoms with Crippen LogP contribution >= 0.6 is 0 Å². The van der Waals surface area contributed by atoms with E-state index in [9.17, 15) is 13.2 Å². The Morgan fingerprint density at radius 1 is 1.04 bits per heavy atom. The standard InChI is InChI=1S/C18H16N2O3S/c1-12-9-10-14-5-4-8-17(18(14)19-12)20-24(22,23)16-7-3-6-15(11-16)13(2)21/h3-11,20H,1-2H3. The molecule has 24 heavy (non-hydrogen) atoms. The molecular formula is C18H16N2O3S. The zero-order chi connectivity index (χ0) is 17.3. The minimum atomic E-state index is -3.82. The molecule has 1 heterocycles. The molecule has 0 aliphatic heterocycles. The van der Waals surface area contributed by atoms with Crippen LogP contribution in [0, 0.1) is 6.92 Å². The highest BCUT2D eigenvalue weighted by atomic mass is 32.2. The molecule has 3 rings (SSSR count). The lowest BCUT2D eigenvalue weighted by Gasteiger charge is -2.11. The zero-order valence-corrected chi connectivity index (χ0v) is 14.1. The Kier molecular flexibility index (Phi) is 4.07. The number of sulfonamides is 1. The Hall–Kier alpha value is -2.73. The number of nitrogens with zero attached hydrogens (tertiary/aromatic N) is 1. The number of para-hydroxylation sites is 1. The molecule has 122 valence electrons. The van der Waals surface area contributed by atoms with Gasteiger partial charge in [-0.3, -0.25) is 14.5 Å². The van der Waals surface area contributed by atoms with Crippen molar-refractivity contribution in [3.63, 3.8) is 0 Å². The van der Waals surface area contributed by atoms with Crippen LogP contribution in [0.4, 0.5) is 5.69 Å². The highest BCUT2D eigenvalue weighted by molar-refractivity contribution is 7.92. The van der Waals surface area contributed by atoms with Crippen molar-refractivity contribution < 1.29 is 13.2 Å². The van der Waals surface area contributed by atoms with Gasteiger partial charge in [0.2, 0.25) is 0 Å². The second-order valence-corrected chi connectivity index (χ2v) is 7.20. The first-order valence-corrected chi connectivity index (χ1v) is 8.85. The minimum absolute atomic E-state index is 0.0415. The molecule has 0 atom stereocenters. The van der Waals surface area contributed by atoms with E-state index in [1.165, 1.54) is 19.1 Å². The molecule has 5 nitrogen and oxygen atoms in total. The number of ketones is 1. The number of carbonyl (C=O) groups is 1. The quantitative estimate of drug-likeness (QED) is 0.737. The fraction of sp³-hybridized carbons (Fsp3) is 0.111. The van der Waals surface area contributed by atoms with E-state index in [2.05, 4.69) is 9.71 Å². The van der Waals surface area contributed by atoms with E-state index in [0.29, 0.717) is 16.8 Å². The van der Waals surface area contributed by atoms with Crippen molar-refractivity contribution in [1.29, 1.82) is 0 Å². The Morgan fingerprint density at radius 3 is 2.54 bits per heavy atom. The summed E-state index contributed by atoms with van der Waals surface area (Å²) in [7, 11) is -3.82. The van der Waals surface area contributed by atoms with Gasteiger partial charge in [-0.1, -0.05) is 30.3 Å². The predicted molar refractivity (Wildman–Crippen MR) is 93.7 cm³/mol. The average molecular weight is 340 g/mol. The van der Waals surface area contributed by atoms with Crippen LogP contribution in [0.2, 0.25) is 0 Å². The fourth-order valence-electron chi connectivity index (χ4n) is 2.41. The van der Waals surface area contributed by atoms with E-state index in [1.807, 2.05) is 25.1 Å². The van der Waals surface area contributed by atoms with Crippen molar-refractivity contribution in [2.45, 2.75) is 18.7 Å². The van der Waals surface area contributed by atoms with Crippen molar-refractivity contribution in [3.8, 4) is 0 Å². The number of nitrogens with one attached hydrogen (secondary N) is 1. The third-order valence-corrected chi connectivity index (χ3v) is 5.02. The maximum absolute atomic E-state index is 12.7. The van der Waals surface area contributed by atoms with Crippen LogP contribution in [0.25, 0.3) is 10.9 Å². The molecule has 0 fully saturated rings. The van der Waals surface area contributed by atoms with Gasteiger partial charge in [0.25, 0.3) is 10.0 Å². The summed E-state index contributed by atoms with van der Waals surface area (Å²) in [5.74, 6) is -0.186. The molecular weight excluding hydrogens is 324 g/mol. The summed E-state index contributed by atoms with van der Waals surface area (Å²) in [6.07, 6.45) is 0. The summed E-state index contributed by atoms with van der Waals surface area (Å²) >= 11 is 0. The lowest BCUT2D eigenvalue weighted by molar-refractivity contribution is 0.101. The maximum Gasteiger partial charge on any atom is 0.261 e. The first-order chi connectivity index (χ1) is 11.4. The van der Waals surface area contributed by atoms with Gasteiger partial charge in [-0.2, -0.15) is 0 Å². The number of carbonyl (C=O) groups excluding carboxylic acids is 1. The summed E-state index contributed by atoms with van der Waals surface area (Å²) in [5.41, 5.74) is 2.14. The molecule has 0 amide bonds. The Bertz CT molecular complexity index is 1040. The van der Waals surface area contributed by atoms with Gasteiger partial charge in [0.05, 0.1) is 16.1 Å². The second-order valence-electron chi connectivity index (χ2n) is 5.52. The van der Waals surface area contributed by atoms with Crippen molar-refractivity contribution in [1.82, 2.24) is 4.98 Å². The summed E-state index contributed by atoms with van der Waals surface area (Å²) in [5, 5.41) is 0.846. The maximum atomic E-state index is 12.7. The van der Waals surface area contributed by atoms with E-state index >= 15 is 0 Å². The zero-order valence-electron chi connectivity index (χ0n) is 13.3. The molecule has 0 saturated heterocycles. The Morgan fingerprint density at radius 2 is 1.79 bits per heavy atom. The van der Waals surface area contributed by atoms with E-state index in [1.54, 1.807) is 24.3 Å². The second kappa shape index (κ2) is 6.05. The molecule has 1 aromatic heterocycles. The van der Waals surface area contributed by atoms with Crippen LogP contribution in [0.1, 0.15) is 23.0 Å². The van der Waals surface area contributed by atoms with E-state index in [4.69, 9.17) is 0 Å². The molecule has 0 radical (unpaired) electrons. The highest BCUT2D eigenvalue weighted by Gasteiger charge is 2.17. The number of pyridine rings is 1. The van der Waals surface area contributed by atoms with Gasteiger partial charge in [-0.25, -0.2) is 8.42 Å². The number of anilines is 1. The summed E-state index contributed by atoms with van der Waals surface area (Å²) in [6, 6.07) is 15.0. The van der Waals surface area contributed by atoms with Crippen LogP contribution < -0.4 is 4.72 Å². The summed E-state index contributed by atoms with van der Waals surface area (Å²) in [6.45, 7) is 3.25. The predicted octanol–water partition coefficient (Wildman–Crippen LogP) is 3.55. The lowest BCUT2D eigenvalue weighted by Crippen LogP contribution is -2.14. The van der Waals surface area contributed by atoms with Crippen molar-refractivity contribution in [3.05, 3.63) is 65.9 Å². The summed E-state index contributed by atoms with van der Waals surface area (Å²) < 4.78 is 27.9. The number of aromatic nitrogens is 1. The van der Waals surface area contributed by atoms with Gasteiger partial charge in [0.1, 0.15) is 0 Å². The van der Waals surface area contributed by atoms with Gasteiger partial charge in [0.15, 0.2) is 5.78 Å². The monoisotopic (exact) mass is 340 g/mol. The lowest BCUT2D eigenvalue weighted by atomic mass is 10.2. The summed E-state index contributed by atoms with van der Waals surface area (Å²) in [4.78, 5) is 15.9. The van der Waals surface area contributed by atoms with Crippen LogP contribution in [-0.4, -0.2) is 19.2 Å². The van der Waals surface area contributed by atoms with E-state index < -0.39 is 10.0 Å².